The Kier molecular flexibility index (Phi) is 3.48. The lowest BCUT2D eigenvalue weighted by molar-refractivity contribution is 0.0972. The van der Waals surface area contributed by atoms with E-state index in [0.717, 1.165) is 0 Å². The first-order valence-electron chi connectivity index (χ1n) is 6.99. The molecule has 116 valence electrons. The third-order valence-electron chi connectivity index (χ3n) is 3.91. The van der Waals surface area contributed by atoms with Crippen LogP contribution in [0.5, 0.6) is 11.5 Å². The smallest absolute Gasteiger partial charge is 0.198 e. The average Bonchev–Trinajstić information content (AvgIpc) is 2.57. The number of hydrogen-bond donors (Lipinski definition) is 0. The Hall–Kier alpha value is -2.95. The van der Waals surface area contributed by atoms with Crippen molar-refractivity contribution in [2.24, 2.45) is 0 Å². The van der Waals surface area contributed by atoms with Crippen LogP contribution in [0.25, 0.3) is 0 Å². The van der Waals surface area contributed by atoms with Crippen molar-refractivity contribution in [1.29, 1.82) is 0 Å². The van der Waals surface area contributed by atoms with E-state index in [-0.39, 0.29) is 45.5 Å². The molecule has 0 radical (unpaired) electrons. The Morgan fingerprint density at radius 1 is 0.913 bits per heavy atom. The van der Waals surface area contributed by atoms with Gasteiger partial charge in [-0.15, -0.1) is 0 Å². The molecule has 0 aliphatic heterocycles. The van der Waals surface area contributed by atoms with E-state index in [0.29, 0.717) is 11.1 Å². The molecule has 3 rings (SSSR count). The molecular weight excluding hydrogens is 296 g/mol. The Bertz CT molecular complexity index is 864. The molecule has 0 amide bonds. The maximum atomic E-state index is 12.8. The number of hydrogen-bond acceptors (Lipinski definition) is 5. The number of ether oxygens (including phenoxy) is 2. The van der Waals surface area contributed by atoms with Crippen molar-refractivity contribution in [2.75, 3.05) is 14.2 Å². The van der Waals surface area contributed by atoms with Gasteiger partial charge in [-0.3, -0.25) is 14.4 Å². The van der Waals surface area contributed by atoms with Crippen molar-refractivity contribution in [3.05, 3.63) is 58.1 Å². The molecule has 0 unspecified atom stereocenters. The lowest BCUT2D eigenvalue weighted by Gasteiger charge is -2.22. The van der Waals surface area contributed by atoms with Crippen molar-refractivity contribution in [3.63, 3.8) is 0 Å². The first kappa shape index (κ1) is 15.0. The van der Waals surface area contributed by atoms with Crippen LogP contribution >= 0.6 is 0 Å². The summed E-state index contributed by atoms with van der Waals surface area (Å²) in [5, 5.41) is 0. The van der Waals surface area contributed by atoms with E-state index in [1.165, 1.54) is 27.2 Å². The van der Waals surface area contributed by atoms with Gasteiger partial charge in [0.1, 0.15) is 17.1 Å². The molecule has 2 aromatic rings. The van der Waals surface area contributed by atoms with Crippen molar-refractivity contribution in [1.82, 2.24) is 0 Å². The van der Waals surface area contributed by atoms with Gasteiger partial charge in [-0.25, -0.2) is 0 Å². The van der Waals surface area contributed by atoms with Crippen molar-refractivity contribution in [2.45, 2.75) is 6.92 Å². The van der Waals surface area contributed by atoms with Gasteiger partial charge in [0.15, 0.2) is 17.3 Å². The highest BCUT2D eigenvalue weighted by Gasteiger charge is 2.35. The molecule has 0 saturated heterocycles. The molecule has 0 heterocycles. The summed E-state index contributed by atoms with van der Waals surface area (Å²) in [5.41, 5.74) is 1.11. The van der Waals surface area contributed by atoms with Gasteiger partial charge in [-0.05, 0) is 13.0 Å². The SMILES string of the molecule is COc1cc2c(c(OC)c1C(C)=O)C(=O)c1ccccc1C2=O. The van der Waals surface area contributed by atoms with Crippen LogP contribution in [0.1, 0.15) is 49.1 Å². The highest BCUT2D eigenvalue weighted by Crippen LogP contribution is 2.40. The number of ketones is 3. The molecule has 5 nitrogen and oxygen atoms in total. The van der Waals surface area contributed by atoms with E-state index in [1.807, 2.05) is 0 Å². The number of benzene rings is 2. The number of rotatable bonds is 3. The first-order chi connectivity index (χ1) is 11.0. The summed E-state index contributed by atoms with van der Waals surface area (Å²) in [7, 11) is 2.76. The van der Waals surface area contributed by atoms with E-state index < -0.39 is 0 Å². The second-order valence-corrected chi connectivity index (χ2v) is 5.17. The van der Waals surface area contributed by atoms with Crippen molar-refractivity contribution in [3.8, 4) is 11.5 Å². The standard InChI is InChI=1S/C18H14O5/c1-9(19)14-13(22-2)8-12-15(18(14)23-3)17(21)11-7-5-4-6-10(11)16(12)20/h4-8H,1-3H3. The Labute approximate surface area is 132 Å². The summed E-state index contributed by atoms with van der Waals surface area (Å²) in [6.07, 6.45) is 0. The summed E-state index contributed by atoms with van der Waals surface area (Å²) in [6, 6.07) is 8.03. The van der Waals surface area contributed by atoms with E-state index >= 15 is 0 Å². The average molecular weight is 310 g/mol. The van der Waals surface area contributed by atoms with Gasteiger partial charge in [0.25, 0.3) is 0 Å². The monoisotopic (exact) mass is 310 g/mol. The van der Waals surface area contributed by atoms with Crippen LogP contribution in [0.2, 0.25) is 0 Å². The molecule has 0 saturated carbocycles. The molecule has 5 heteroatoms. The summed E-state index contributed by atoms with van der Waals surface area (Å²) >= 11 is 0. The van der Waals surface area contributed by atoms with E-state index in [9.17, 15) is 14.4 Å². The van der Waals surface area contributed by atoms with Gasteiger partial charge in [-0.2, -0.15) is 0 Å². The van der Waals surface area contributed by atoms with Crippen molar-refractivity contribution >= 4 is 17.3 Å². The summed E-state index contributed by atoms with van der Waals surface area (Å²) in [5.74, 6) is -0.631. The second kappa shape index (κ2) is 5.35. The number of fused-ring (bicyclic) bond motifs is 2. The zero-order valence-electron chi connectivity index (χ0n) is 12.9. The molecule has 1 aliphatic carbocycles. The van der Waals surface area contributed by atoms with Gasteiger partial charge in [-0.1, -0.05) is 24.3 Å². The fourth-order valence-electron chi connectivity index (χ4n) is 2.90. The van der Waals surface area contributed by atoms with E-state index in [1.54, 1.807) is 24.3 Å². The second-order valence-electron chi connectivity index (χ2n) is 5.17. The molecule has 2 aromatic carbocycles. The minimum atomic E-state index is -0.336. The third kappa shape index (κ3) is 2.04. The summed E-state index contributed by atoms with van der Waals surface area (Å²) in [4.78, 5) is 37.5. The molecule has 0 bridgehead atoms. The first-order valence-corrected chi connectivity index (χ1v) is 6.99. The zero-order valence-corrected chi connectivity index (χ0v) is 12.9. The van der Waals surface area contributed by atoms with Gasteiger partial charge in [0, 0.05) is 16.7 Å². The topological polar surface area (TPSA) is 69.7 Å². The lowest BCUT2D eigenvalue weighted by atomic mass is 9.82. The van der Waals surface area contributed by atoms with Crippen LogP contribution in [0, 0.1) is 0 Å². The predicted octanol–water partition coefficient (Wildman–Crippen LogP) is 2.68. The van der Waals surface area contributed by atoms with Crippen LogP contribution in [0.4, 0.5) is 0 Å². The minimum absolute atomic E-state index is 0.0831. The quantitative estimate of drug-likeness (QED) is 0.696. The highest BCUT2D eigenvalue weighted by atomic mass is 16.5. The molecule has 0 aromatic heterocycles. The van der Waals surface area contributed by atoms with Crippen LogP contribution in [-0.2, 0) is 0 Å². The summed E-state index contributed by atoms with van der Waals surface area (Å²) < 4.78 is 10.5. The minimum Gasteiger partial charge on any atom is -0.496 e. The van der Waals surface area contributed by atoms with Crippen LogP contribution in [0.3, 0.4) is 0 Å². The molecule has 0 fully saturated rings. The van der Waals surface area contributed by atoms with Crippen LogP contribution in [-0.4, -0.2) is 31.6 Å². The summed E-state index contributed by atoms with van der Waals surface area (Å²) in [6.45, 7) is 1.36. The normalized spacial score (nSPS) is 12.5. The zero-order chi connectivity index (χ0) is 16.7. The Balaban J connectivity index is 2.41. The van der Waals surface area contributed by atoms with Crippen molar-refractivity contribution < 1.29 is 23.9 Å². The predicted molar refractivity (Wildman–Crippen MR) is 82.9 cm³/mol. The largest absolute Gasteiger partial charge is 0.496 e. The fraction of sp³-hybridized carbons (Fsp3) is 0.167. The number of Topliss-reactive ketones (excluding diaryl/α,β-unsaturated/α-hetero) is 1. The van der Waals surface area contributed by atoms with E-state index in [2.05, 4.69) is 0 Å². The maximum Gasteiger partial charge on any atom is 0.198 e. The van der Waals surface area contributed by atoms with E-state index in [4.69, 9.17) is 9.47 Å². The molecule has 0 atom stereocenters. The number of carbonyl (C=O) groups excluding carboxylic acids is 3. The molecular formula is C18H14O5. The van der Waals surface area contributed by atoms with Gasteiger partial charge >= 0.3 is 0 Å². The van der Waals surface area contributed by atoms with Crippen LogP contribution < -0.4 is 9.47 Å². The van der Waals surface area contributed by atoms with Gasteiger partial charge < -0.3 is 9.47 Å². The van der Waals surface area contributed by atoms with Gasteiger partial charge in [0.2, 0.25) is 0 Å². The fourth-order valence-corrected chi connectivity index (χ4v) is 2.90. The molecule has 0 spiro atoms. The Morgan fingerprint density at radius 3 is 2.04 bits per heavy atom. The van der Waals surface area contributed by atoms with Gasteiger partial charge in [0.05, 0.1) is 19.8 Å². The number of carbonyl (C=O) groups is 3. The third-order valence-corrected chi connectivity index (χ3v) is 3.91. The molecule has 1 aliphatic rings. The Morgan fingerprint density at radius 2 is 1.52 bits per heavy atom. The molecule has 0 N–H and O–H groups in total. The highest BCUT2D eigenvalue weighted by molar-refractivity contribution is 6.30. The maximum absolute atomic E-state index is 12.8. The molecule has 23 heavy (non-hydrogen) atoms. The number of methoxy groups -OCH3 is 2. The lowest BCUT2D eigenvalue weighted by Crippen LogP contribution is -2.23. The van der Waals surface area contributed by atoms with Crippen LogP contribution in [0.15, 0.2) is 30.3 Å².